The first kappa shape index (κ1) is 9.41. The van der Waals surface area contributed by atoms with Crippen LogP contribution in [-0.4, -0.2) is 0 Å². The summed E-state index contributed by atoms with van der Waals surface area (Å²) in [6.45, 7) is 0. The van der Waals surface area contributed by atoms with E-state index >= 15 is 0 Å². The number of benzene rings is 1. The molecular weight excluding hydrogens is 238 g/mol. The molecule has 1 heterocycles. The Hall–Kier alpha value is -1.15. The maximum Gasteiger partial charge on any atom is 0.210 e. The Morgan fingerprint density at radius 2 is 1.57 bits per heavy atom. The number of hydrogen-bond donors (Lipinski definition) is 0. The van der Waals surface area contributed by atoms with E-state index in [-0.39, 0.29) is 0 Å². The molecule has 2 rings (SSSR count). The number of nitrogens with zero attached hydrogens (tertiary/aromatic N) is 1. The summed E-state index contributed by atoms with van der Waals surface area (Å²) in [5.41, 5.74) is 2.49. The van der Waals surface area contributed by atoms with Crippen molar-refractivity contribution >= 4 is 15.9 Å². The molecule has 2 heteroatoms. The normalized spacial score (nSPS) is 10.1. The van der Waals surface area contributed by atoms with Crippen LogP contribution in [0.15, 0.2) is 54.9 Å². The molecule has 1 nitrogen and oxygen atoms in total. The minimum atomic E-state index is 0.909. The van der Waals surface area contributed by atoms with Crippen LogP contribution in [0.1, 0.15) is 5.56 Å². The van der Waals surface area contributed by atoms with Crippen LogP contribution >= 0.6 is 15.9 Å². The molecule has 0 bridgehead atoms. The number of pyridine rings is 1. The summed E-state index contributed by atoms with van der Waals surface area (Å²) in [6.07, 6.45) is 4.09. The van der Waals surface area contributed by atoms with Crippen molar-refractivity contribution < 1.29 is 4.57 Å². The molecule has 2 aromatic rings. The standard InChI is InChI=1S/C12H11BrN/c13-10-11-4-6-12(7-5-11)14-8-2-1-3-9-14/h1-9H,10H2/q+1. The summed E-state index contributed by atoms with van der Waals surface area (Å²) in [7, 11) is 0. The second kappa shape index (κ2) is 4.38. The molecular formula is C12H11BrN+. The van der Waals surface area contributed by atoms with Gasteiger partial charge in [-0.25, -0.2) is 0 Å². The Labute approximate surface area is 92.2 Å². The molecule has 0 amide bonds. The van der Waals surface area contributed by atoms with Gasteiger partial charge in [0.25, 0.3) is 0 Å². The fourth-order valence-corrected chi connectivity index (χ4v) is 1.70. The van der Waals surface area contributed by atoms with Crippen molar-refractivity contribution in [2.45, 2.75) is 5.33 Å². The molecule has 0 N–H and O–H groups in total. The van der Waals surface area contributed by atoms with Crippen molar-refractivity contribution in [3.8, 4) is 5.69 Å². The number of rotatable bonds is 2. The largest absolute Gasteiger partial charge is 0.210 e. The summed E-state index contributed by atoms with van der Waals surface area (Å²) in [4.78, 5) is 0. The maximum atomic E-state index is 3.43. The van der Waals surface area contributed by atoms with Gasteiger partial charge in [-0.1, -0.05) is 34.1 Å². The lowest BCUT2D eigenvalue weighted by Gasteiger charge is -1.96. The summed E-state index contributed by atoms with van der Waals surface area (Å²) in [5.74, 6) is 0. The molecule has 0 fully saturated rings. The van der Waals surface area contributed by atoms with Crippen molar-refractivity contribution in [3.63, 3.8) is 0 Å². The van der Waals surface area contributed by atoms with Crippen LogP contribution in [-0.2, 0) is 5.33 Å². The van der Waals surface area contributed by atoms with E-state index < -0.39 is 0 Å². The molecule has 70 valence electrons. The van der Waals surface area contributed by atoms with Gasteiger partial charge in [0.05, 0.1) is 0 Å². The Morgan fingerprint density at radius 1 is 0.929 bits per heavy atom. The summed E-state index contributed by atoms with van der Waals surface area (Å²) >= 11 is 3.43. The SMILES string of the molecule is BrCc1ccc(-[n+]2ccccc2)cc1. The van der Waals surface area contributed by atoms with Gasteiger partial charge in [0.15, 0.2) is 12.4 Å². The third-order valence-electron chi connectivity index (χ3n) is 2.10. The molecule has 14 heavy (non-hydrogen) atoms. The smallest absolute Gasteiger partial charge is 0.167 e. The van der Waals surface area contributed by atoms with Crippen molar-refractivity contribution in [1.29, 1.82) is 0 Å². The first-order valence-corrected chi connectivity index (χ1v) is 5.64. The van der Waals surface area contributed by atoms with Crippen molar-refractivity contribution in [1.82, 2.24) is 0 Å². The topological polar surface area (TPSA) is 3.88 Å². The van der Waals surface area contributed by atoms with E-state index in [0.29, 0.717) is 0 Å². The highest BCUT2D eigenvalue weighted by Gasteiger charge is 2.02. The van der Waals surface area contributed by atoms with Crippen molar-refractivity contribution in [2.75, 3.05) is 0 Å². The lowest BCUT2D eigenvalue weighted by molar-refractivity contribution is -0.595. The highest BCUT2D eigenvalue weighted by Crippen LogP contribution is 2.07. The van der Waals surface area contributed by atoms with Crippen LogP contribution in [0, 0.1) is 0 Å². The minimum absolute atomic E-state index is 0.909. The third-order valence-corrected chi connectivity index (χ3v) is 2.75. The van der Waals surface area contributed by atoms with E-state index in [9.17, 15) is 0 Å². The first-order valence-electron chi connectivity index (χ1n) is 4.52. The van der Waals surface area contributed by atoms with Gasteiger partial charge in [0.1, 0.15) is 0 Å². The van der Waals surface area contributed by atoms with Gasteiger partial charge < -0.3 is 0 Å². The molecule has 0 unspecified atom stereocenters. The summed E-state index contributed by atoms with van der Waals surface area (Å²) < 4.78 is 2.10. The predicted molar refractivity (Wildman–Crippen MR) is 60.6 cm³/mol. The molecule has 0 aliphatic carbocycles. The van der Waals surface area contributed by atoms with E-state index in [4.69, 9.17) is 0 Å². The van der Waals surface area contributed by atoms with Gasteiger partial charge in [0, 0.05) is 29.6 Å². The average molecular weight is 249 g/mol. The zero-order chi connectivity index (χ0) is 9.80. The Balaban J connectivity index is 2.34. The zero-order valence-electron chi connectivity index (χ0n) is 7.73. The second-order valence-corrected chi connectivity index (χ2v) is 3.64. The van der Waals surface area contributed by atoms with E-state index in [1.165, 1.54) is 11.3 Å². The Morgan fingerprint density at radius 3 is 2.14 bits per heavy atom. The molecule has 0 saturated carbocycles. The average Bonchev–Trinajstić information content (AvgIpc) is 2.30. The zero-order valence-corrected chi connectivity index (χ0v) is 9.31. The number of aromatic nitrogens is 1. The molecule has 0 radical (unpaired) electrons. The van der Waals surface area contributed by atoms with Crippen LogP contribution in [0.4, 0.5) is 0 Å². The highest BCUT2D eigenvalue weighted by molar-refractivity contribution is 9.08. The maximum absolute atomic E-state index is 3.43. The number of alkyl halides is 1. The van der Waals surface area contributed by atoms with Crippen LogP contribution in [0.3, 0.4) is 0 Å². The van der Waals surface area contributed by atoms with Gasteiger partial charge in [-0.15, -0.1) is 0 Å². The van der Waals surface area contributed by atoms with Gasteiger partial charge in [0.2, 0.25) is 5.69 Å². The Bertz CT molecular complexity index is 394. The fraction of sp³-hybridized carbons (Fsp3) is 0.0833. The van der Waals surface area contributed by atoms with Crippen molar-refractivity contribution in [2.24, 2.45) is 0 Å². The van der Waals surface area contributed by atoms with Crippen LogP contribution in [0.5, 0.6) is 0 Å². The molecule has 0 atom stereocenters. The van der Waals surface area contributed by atoms with E-state index in [1.54, 1.807) is 0 Å². The predicted octanol–water partition coefficient (Wildman–Crippen LogP) is 2.86. The second-order valence-electron chi connectivity index (χ2n) is 3.08. The van der Waals surface area contributed by atoms with E-state index in [0.717, 1.165) is 5.33 Å². The van der Waals surface area contributed by atoms with Gasteiger partial charge >= 0.3 is 0 Å². The number of halogens is 1. The lowest BCUT2D eigenvalue weighted by Crippen LogP contribution is -2.28. The minimum Gasteiger partial charge on any atom is -0.167 e. The summed E-state index contributed by atoms with van der Waals surface area (Å²) in [5, 5.41) is 0.909. The van der Waals surface area contributed by atoms with Crippen LogP contribution in [0.25, 0.3) is 5.69 Å². The molecule has 0 aliphatic rings. The monoisotopic (exact) mass is 248 g/mol. The van der Waals surface area contributed by atoms with Crippen molar-refractivity contribution in [3.05, 3.63) is 60.4 Å². The molecule has 0 aliphatic heterocycles. The molecule has 0 saturated heterocycles. The first-order chi connectivity index (χ1) is 6.90. The van der Waals surface area contributed by atoms with Crippen LogP contribution < -0.4 is 4.57 Å². The molecule has 0 spiro atoms. The van der Waals surface area contributed by atoms with Gasteiger partial charge in [-0.3, -0.25) is 0 Å². The van der Waals surface area contributed by atoms with Gasteiger partial charge in [-0.05, 0) is 5.56 Å². The molecule has 1 aromatic heterocycles. The third kappa shape index (κ3) is 2.02. The fourth-order valence-electron chi connectivity index (χ4n) is 1.33. The number of hydrogen-bond acceptors (Lipinski definition) is 0. The summed E-state index contributed by atoms with van der Waals surface area (Å²) in [6, 6.07) is 14.6. The van der Waals surface area contributed by atoms with Crippen LogP contribution in [0.2, 0.25) is 0 Å². The lowest BCUT2D eigenvalue weighted by atomic mass is 10.2. The quantitative estimate of drug-likeness (QED) is 0.569. The molecule has 1 aromatic carbocycles. The van der Waals surface area contributed by atoms with E-state index in [1.807, 2.05) is 30.6 Å². The highest BCUT2D eigenvalue weighted by atomic mass is 79.9. The Kier molecular flexibility index (Phi) is 2.94. The van der Waals surface area contributed by atoms with E-state index in [2.05, 4.69) is 44.8 Å². The van der Waals surface area contributed by atoms with Gasteiger partial charge in [-0.2, -0.15) is 4.57 Å².